The highest BCUT2D eigenvalue weighted by Crippen LogP contribution is 2.52. The van der Waals surface area contributed by atoms with Crippen molar-refractivity contribution >= 4 is 6.21 Å². The van der Waals surface area contributed by atoms with Crippen LogP contribution in [0.15, 0.2) is 40.8 Å². The van der Waals surface area contributed by atoms with Crippen molar-refractivity contribution in [2.45, 2.75) is 5.60 Å². The fourth-order valence-corrected chi connectivity index (χ4v) is 1.41. The summed E-state index contributed by atoms with van der Waals surface area (Å²) in [5.41, 5.74) is 0.819. The Bertz CT molecular complexity index is 322. The maximum absolute atomic E-state index is 5.37. The molecule has 1 aliphatic carbocycles. The third kappa shape index (κ3) is 0.304. The molecule has 1 atom stereocenters. The van der Waals surface area contributed by atoms with Crippen molar-refractivity contribution in [3.8, 4) is 0 Å². The monoisotopic (exact) mass is 131 g/mol. The quantitative estimate of drug-likeness (QED) is 0.453. The largest absolute Gasteiger partial charge is 0.468 e. The molecule has 0 aromatic rings. The second kappa shape index (κ2) is 1.10. The van der Waals surface area contributed by atoms with Crippen LogP contribution >= 0.6 is 0 Å². The highest BCUT2D eigenvalue weighted by atomic mass is 16.6. The molecule has 0 N–H and O–H groups in total. The summed E-state index contributed by atoms with van der Waals surface area (Å²) in [7, 11) is 0. The summed E-state index contributed by atoms with van der Waals surface area (Å²) in [5.74, 6) is 1.03. The van der Waals surface area contributed by atoms with Crippen molar-refractivity contribution in [2.24, 2.45) is 4.99 Å². The molecule has 0 bridgehead atoms. The normalized spacial score (nSPS) is 37.6. The number of nitrogens with zero attached hydrogens (tertiary/aromatic N) is 1. The number of rotatable bonds is 0. The minimum absolute atomic E-state index is 0.200. The molecule has 1 spiro atoms. The Kier molecular flexibility index (Phi) is 0.495. The molecule has 2 heterocycles. The van der Waals surface area contributed by atoms with Gasteiger partial charge in [-0.05, 0) is 18.2 Å². The molecular weight excluding hydrogens is 126 g/mol. The van der Waals surface area contributed by atoms with Crippen molar-refractivity contribution in [2.75, 3.05) is 0 Å². The third-order valence-electron chi connectivity index (χ3n) is 2.00. The van der Waals surface area contributed by atoms with Crippen molar-refractivity contribution in [3.05, 3.63) is 35.8 Å². The number of aliphatic imine (C=N–C) groups is 1. The molecular formula is C8H5NO. The van der Waals surface area contributed by atoms with Crippen LogP contribution in [0.1, 0.15) is 0 Å². The SMILES string of the molecule is C1=CC23OC2=CC=NC3=C1. The Morgan fingerprint density at radius 1 is 1.40 bits per heavy atom. The number of hydrogen-bond acceptors (Lipinski definition) is 2. The zero-order valence-electron chi connectivity index (χ0n) is 5.24. The van der Waals surface area contributed by atoms with Gasteiger partial charge in [-0.1, -0.05) is 6.08 Å². The molecule has 0 radical (unpaired) electrons. The molecule has 2 heteroatoms. The van der Waals surface area contributed by atoms with E-state index in [1.54, 1.807) is 6.21 Å². The van der Waals surface area contributed by atoms with Gasteiger partial charge in [0.1, 0.15) is 0 Å². The summed E-state index contributed by atoms with van der Waals surface area (Å²) in [6.07, 6.45) is 9.69. The summed E-state index contributed by atoms with van der Waals surface area (Å²) in [6, 6.07) is 0. The van der Waals surface area contributed by atoms with Crippen molar-refractivity contribution in [1.82, 2.24) is 0 Å². The summed E-state index contributed by atoms with van der Waals surface area (Å²) < 4.78 is 5.37. The van der Waals surface area contributed by atoms with Crippen LogP contribution in [0.4, 0.5) is 0 Å². The standard InChI is InChI=1S/C8H5NO/c1-2-6-8(4-1)7(10-8)3-5-9-6/h1-5H. The smallest absolute Gasteiger partial charge is 0.225 e. The number of dihydropyridines is 1. The molecule has 1 unspecified atom stereocenters. The van der Waals surface area contributed by atoms with Gasteiger partial charge in [0.2, 0.25) is 5.60 Å². The fourth-order valence-electron chi connectivity index (χ4n) is 1.41. The Balaban J connectivity index is 2.28. The van der Waals surface area contributed by atoms with Crippen LogP contribution in [-0.2, 0) is 4.74 Å². The van der Waals surface area contributed by atoms with E-state index < -0.39 is 0 Å². The van der Waals surface area contributed by atoms with Gasteiger partial charge in [0.05, 0.1) is 5.70 Å². The molecule has 1 fully saturated rings. The van der Waals surface area contributed by atoms with E-state index in [1.165, 1.54) is 0 Å². The summed E-state index contributed by atoms with van der Waals surface area (Å²) in [6.45, 7) is 0. The Morgan fingerprint density at radius 3 is 3.30 bits per heavy atom. The van der Waals surface area contributed by atoms with E-state index >= 15 is 0 Å². The van der Waals surface area contributed by atoms with Gasteiger partial charge in [-0.2, -0.15) is 0 Å². The Hall–Kier alpha value is -1.31. The van der Waals surface area contributed by atoms with Crippen LogP contribution < -0.4 is 0 Å². The van der Waals surface area contributed by atoms with E-state index in [-0.39, 0.29) is 5.60 Å². The van der Waals surface area contributed by atoms with E-state index in [0.717, 1.165) is 11.5 Å². The van der Waals surface area contributed by atoms with Crippen molar-refractivity contribution in [3.63, 3.8) is 0 Å². The first kappa shape index (κ1) is 4.50. The fraction of sp³-hybridized carbons (Fsp3) is 0.125. The summed E-state index contributed by atoms with van der Waals surface area (Å²) in [4.78, 5) is 4.18. The maximum atomic E-state index is 5.37. The highest BCUT2D eigenvalue weighted by Gasteiger charge is 2.56. The molecule has 0 saturated carbocycles. The van der Waals surface area contributed by atoms with Gasteiger partial charge in [0, 0.05) is 6.21 Å². The minimum atomic E-state index is -0.200. The average molecular weight is 131 g/mol. The summed E-state index contributed by atoms with van der Waals surface area (Å²) >= 11 is 0. The highest BCUT2D eigenvalue weighted by molar-refractivity contribution is 5.80. The van der Waals surface area contributed by atoms with Crippen LogP contribution in [0.25, 0.3) is 0 Å². The topological polar surface area (TPSA) is 24.9 Å². The first-order valence-electron chi connectivity index (χ1n) is 3.26. The number of ether oxygens (including phenoxy) is 1. The van der Waals surface area contributed by atoms with Crippen LogP contribution in [0.2, 0.25) is 0 Å². The molecule has 0 aromatic carbocycles. The molecule has 0 amide bonds. The molecule has 0 aromatic heterocycles. The van der Waals surface area contributed by atoms with Crippen LogP contribution in [0, 0.1) is 0 Å². The lowest BCUT2D eigenvalue weighted by atomic mass is 10.1. The first-order chi connectivity index (χ1) is 4.92. The van der Waals surface area contributed by atoms with Gasteiger partial charge < -0.3 is 4.74 Å². The van der Waals surface area contributed by atoms with Crippen LogP contribution in [0.3, 0.4) is 0 Å². The van der Waals surface area contributed by atoms with E-state index in [9.17, 15) is 0 Å². The van der Waals surface area contributed by atoms with Gasteiger partial charge in [0.15, 0.2) is 5.76 Å². The maximum Gasteiger partial charge on any atom is 0.225 e. The van der Waals surface area contributed by atoms with E-state index in [0.29, 0.717) is 0 Å². The predicted molar refractivity (Wildman–Crippen MR) is 37.6 cm³/mol. The van der Waals surface area contributed by atoms with Crippen molar-refractivity contribution < 1.29 is 4.74 Å². The molecule has 2 aliphatic heterocycles. The van der Waals surface area contributed by atoms with Crippen LogP contribution in [-0.4, -0.2) is 11.8 Å². The first-order valence-corrected chi connectivity index (χ1v) is 3.26. The van der Waals surface area contributed by atoms with Crippen molar-refractivity contribution in [1.29, 1.82) is 0 Å². The number of hydrogen-bond donors (Lipinski definition) is 0. The van der Waals surface area contributed by atoms with Gasteiger partial charge in [-0.15, -0.1) is 0 Å². The average Bonchev–Trinajstić information content (AvgIpc) is 2.51. The van der Waals surface area contributed by atoms with Gasteiger partial charge in [0.25, 0.3) is 0 Å². The van der Waals surface area contributed by atoms with E-state index in [2.05, 4.69) is 4.99 Å². The van der Waals surface area contributed by atoms with Gasteiger partial charge in [-0.3, -0.25) is 4.99 Å². The molecule has 2 nitrogen and oxygen atoms in total. The van der Waals surface area contributed by atoms with Gasteiger partial charge in [-0.25, -0.2) is 0 Å². The molecule has 3 aliphatic rings. The molecule has 48 valence electrons. The molecule has 1 saturated heterocycles. The van der Waals surface area contributed by atoms with E-state index in [1.807, 2.05) is 24.3 Å². The summed E-state index contributed by atoms with van der Waals surface area (Å²) in [5, 5.41) is 0. The lowest BCUT2D eigenvalue weighted by Crippen LogP contribution is -2.07. The zero-order valence-corrected chi connectivity index (χ0v) is 5.24. The Morgan fingerprint density at radius 2 is 2.40 bits per heavy atom. The predicted octanol–water partition coefficient (Wildman–Crippen LogP) is 1.18. The molecule has 3 rings (SSSR count). The lowest BCUT2D eigenvalue weighted by molar-refractivity contribution is 0.399. The minimum Gasteiger partial charge on any atom is -0.468 e. The number of allylic oxidation sites excluding steroid dienone is 3. The third-order valence-corrected chi connectivity index (χ3v) is 2.00. The zero-order chi connectivity index (χ0) is 6.60. The second-order valence-corrected chi connectivity index (χ2v) is 2.56. The van der Waals surface area contributed by atoms with Crippen LogP contribution in [0.5, 0.6) is 0 Å². The Labute approximate surface area is 58.2 Å². The second-order valence-electron chi connectivity index (χ2n) is 2.56. The van der Waals surface area contributed by atoms with Gasteiger partial charge >= 0.3 is 0 Å². The van der Waals surface area contributed by atoms with E-state index in [4.69, 9.17) is 4.74 Å². The molecule has 10 heavy (non-hydrogen) atoms. The lowest BCUT2D eigenvalue weighted by Gasteiger charge is -2.00. The number of epoxide rings is 1.